The molecule has 5 rings (SSSR count). The third kappa shape index (κ3) is 3.50. The van der Waals surface area contributed by atoms with Crippen LogP contribution in [-0.2, 0) is 11.8 Å². The summed E-state index contributed by atoms with van der Waals surface area (Å²) < 4.78 is 5.13. The predicted molar refractivity (Wildman–Crippen MR) is 117 cm³/mol. The number of hydrogen-bond acceptors (Lipinski definition) is 6. The van der Waals surface area contributed by atoms with E-state index in [0.29, 0.717) is 22.7 Å². The molecule has 2 bridgehead atoms. The lowest BCUT2D eigenvalue weighted by Gasteiger charge is -2.18. The SMILES string of the molecule is Cc1c(NC(=O)CSc2nnnn2C2CC3C=CC2C3)c(=O)n(-c2ccccc2)n1C. The Balaban J connectivity index is 1.29. The first kappa shape index (κ1) is 19.8. The van der Waals surface area contributed by atoms with Gasteiger partial charge in [-0.1, -0.05) is 42.1 Å². The molecule has 1 fully saturated rings. The van der Waals surface area contributed by atoms with E-state index in [1.807, 2.05) is 41.9 Å². The van der Waals surface area contributed by atoms with E-state index in [2.05, 4.69) is 33.0 Å². The van der Waals surface area contributed by atoms with Crippen LogP contribution in [0.2, 0.25) is 0 Å². The van der Waals surface area contributed by atoms with Gasteiger partial charge in [0.25, 0.3) is 5.56 Å². The van der Waals surface area contributed by atoms with Gasteiger partial charge in [0, 0.05) is 7.05 Å². The number of hydrogen-bond donors (Lipinski definition) is 1. The number of amides is 1. The quantitative estimate of drug-likeness (QED) is 0.469. The van der Waals surface area contributed by atoms with Crippen molar-refractivity contribution in [3.63, 3.8) is 0 Å². The highest BCUT2D eigenvalue weighted by molar-refractivity contribution is 7.99. The number of carbonyl (C=O) groups excluding carboxylic acids is 1. The van der Waals surface area contributed by atoms with E-state index in [1.165, 1.54) is 11.8 Å². The molecule has 2 heterocycles. The van der Waals surface area contributed by atoms with Crippen molar-refractivity contribution in [2.45, 2.75) is 31.0 Å². The second-order valence-electron chi connectivity index (χ2n) is 8.03. The number of para-hydroxylation sites is 1. The Kier molecular flexibility index (Phi) is 5.01. The molecule has 2 aliphatic rings. The average Bonchev–Trinajstić information content (AvgIpc) is 3.55. The molecule has 0 spiro atoms. The maximum Gasteiger partial charge on any atom is 0.295 e. The van der Waals surface area contributed by atoms with Crippen LogP contribution in [0.15, 0.2) is 52.4 Å². The zero-order chi connectivity index (χ0) is 21.5. The minimum atomic E-state index is -0.265. The number of anilines is 1. The van der Waals surface area contributed by atoms with Gasteiger partial charge < -0.3 is 5.32 Å². The lowest BCUT2D eigenvalue weighted by molar-refractivity contribution is -0.113. The van der Waals surface area contributed by atoms with Crippen molar-refractivity contribution in [2.75, 3.05) is 11.1 Å². The topological polar surface area (TPSA) is 99.6 Å². The van der Waals surface area contributed by atoms with Crippen molar-refractivity contribution in [1.82, 2.24) is 29.6 Å². The Labute approximate surface area is 183 Å². The van der Waals surface area contributed by atoms with Gasteiger partial charge in [-0.15, -0.1) is 5.10 Å². The van der Waals surface area contributed by atoms with Crippen LogP contribution in [0.1, 0.15) is 24.6 Å². The fourth-order valence-electron chi connectivity index (χ4n) is 4.54. The van der Waals surface area contributed by atoms with Crippen LogP contribution in [0, 0.1) is 18.8 Å². The van der Waals surface area contributed by atoms with Crippen LogP contribution in [0.4, 0.5) is 5.69 Å². The van der Waals surface area contributed by atoms with E-state index in [9.17, 15) is 9.59 Å². The summed E-state index contributed by atoms with van der Waals surface area (Å²) in [4.78, 5) is 25.6. The molecule has 31 heavy (non-hydrogen) atoms. The molecule has 3 atom stereocenters. The average molecular weight is 438 g/mol. The number of rotatable bonds is 6. The van der Waals surface area contributed by atoms with E-state index >= 15 is 0 Å². The Morgan fingerprint density at radius 1 is 1.23 bits per heavy atom. The van der Waals surface area contributed by atoms with Gasteiger partial charge in [-0.3, -0.25) is 14.3 Å². The molecule has 1 aromatic carbocycles. The molecular weight excluding hydrogens is 414 g/mol. The van der Waals surface area contributed by atoms with Crippen LogP contribution in [0.25, 0.3) is 5.69 Å². The first-order valence-corrected chi connectivity index (χ1v) is 11.2. The lowest BCUT2D eigenvalue weighted by Crippen LogP contribution is -2.24. The highest BCUT2D eigenvalue weighted by Gasteiger charge is 2.38. The summed E-state index contributed by atoms with van der Waals surface area (Å²) in [5.41, 5.74) is 1.45. The molecule has 3 unspecified atom stereocenters. The van der Waals surface area contributed by atoms with E-state index in [4.69, 9.17) is 0 Å². The number of tetrazole rings is 1. The third-order valence-electron chi connectivity index (χ3n) is 6.17. The molecule has 9 nitrogen and oxygen atoms in total. The number of carbonyl (C=O) groups is 1. The minimum Gasteiger partial charge on any atom is -0.319 e. The maximum absolute atomic E-state index is 13.0. The van der Waals surface area contributed by atoms with Crippen molar-refractivity contribution < 1.29 is 4.79 Å². The molecule has 2 aliphatic carbocycles. The molecule has 160 valence electrons. The molecule has 3 aromatic rings. The number of benzene rings is 1. The van der Waals surface area contributed by atoms with Crippen LogP contribution in [-0.4, -0.2) is 41.2 Å². The fourth-order valence-corrected chi connectivity index (χ4v) is 5.27. The summed E-state index contributed by atoms with van der Waals surface area (Å²) in [5, 5.41) is 15.5. The van der Waals surface area contributed by atoms with Gasteiger partial charge in [0.15, 0.2) is 0 Å². The molecule has 0 radical (unpaired) electrons. The molecule has 10 heteroatoms. The molecule has 1 amide bonds. The van der Waals surface area contributed by atoms with Crippen molar-refractivity contribution in [2.24, 2.45) is 18.9 Å². The molecule has 0 saturated heterocycles. The van der Waals surface area contributed by atoms with Crippen molar-refractivity contribution in [3.05, 3.63) is 58.5 Å². The van der Waals surface area contributed by atoms with Crippen molar-refractivity contribution in [1.29, 1.82) is 0 Å². The monoisotopic (exact) mass is 437 g/mol. The highest BCUT2D eigenvalue weighted by atomic mass is 32.2. The van der Waals surface area contributed by atoms with Gasteiger partial charge >= 0.3 is 0 Å². The Morgan fingerprint density at radius 3 is 2.74 bits per heavy atom. The van der Waals surface area contributed by atoms with Gasteiger partial charge in [-0.25, -0.2) is 9.36 Å². The summed E-state index contributed by atoms with van der Waals surface area (Å²) in [7, 11) is 1.80. The number of aromatic nitrogens is 6. The number of fused-ring (bicyclic) bond motifs is 2. The molecular formula is C21H23N7O2S. The smallest absolute Gasteiger partial charge is 0.295 e. The van der Waals surface area contributed by atoms with Crippen LogP contribution >= 0.6 is 11.8 Å². The Bertz CT molecular complexity index is 1210. The maximum atomic E-state index is 13.0. The molecule has 2 aromatic heterocycles. The number of allylic oxidation sites excluding steroid dienone is 2. The fraction of sp³-hybridized carbons (Fsp3) is 0.381. The van der Waals surface area contributed by atoms with Crippen molar-refractivity contribution >= 4 is 23.4 Å². The van der Waals surface area contributed by atoms with E-state index < -0.39 is 0 Å². The van der Waals surface area contributed by atoms with Crippen LogP contribution < -0.4 is 10.9 Å². The standard InChI is InChI=1S/C21H23N7O2S/c1-13-19(20(30)28(26(13)2)16-6-4-3-5-7-16)22-18(29)12-31-21-23-24-25-27(21)17-11-14-8-9-15(17)10-14/h3-9,14-15,17H,10-12H2,1-2H3,(H,22,29). The zero-order valence-corrected chi connectivity index (χ0v) is 18.1. The highest BCUT2D eigenvalue weighted by Crippen LogP contribution is 2.46. The largest absolute Gasteiger partial charge is 0.319 e. The van der Waals surface area contributed by atoms with Gasteiger partial charge in [0.05, 0.1) is 23.2 Å². The second-order valence-corrected chi connectivity index (χ2v) is 8.97. The first-order valence-electron chi connectivity index (χ1n) is 10.3. The Morgan fingerprint density at radius 2 is 2.03 bits per heavy atom. The zero-order valence-electron chi connectivity index (χ0n) is 17.3. The third-order valence-corrected chi connectivity index (χ3v) is 7.11. The van der Waals surface area contributed by atoms with E-state index in [0.717, 1.165) is 18.5 Å². The number of thioether (sulfide) groups is 1. The first-order chi connectivity index (χ1) is 15.0. The second kappa shape index (κ2) is 7.84. The number of nitrogens with one attached hydrogen (secondary N) is 1. The van der Waals surface area contributed by atoms with E-state index in [-0.39, 0.29) is 28.9 Å². The number of nitrogens with zero attached hydrogens (tertiary/aromatic N) is 6. The normalized spacial score (nSPS) is 21.7. The van der Waals surface area contributed by atoms with Crippen LogP contribution in [0.3, 0.4) is 0 Å². The summed E-state index contributed by atoms with van der Waals surface area (Å²) >= 11 is 1.29. The molecule has 1 saturated carbocycles. The summed E-state index contributed by atoms with van der Waals surface area (Å²) in [6.45, 7) is 1.81. The van der Waals surface area contributed by atoms with E-state index in [1.54, 1.807) is 16.4 Å². The van der Waals surface area contributed by atoms with Gasteiger partial charge in [-0.05, 0) is 54.2 Å². The summed E-state index contributed by atoms with van der Waals surface area (Å²) in [6, 6.07) is 9.60. The molecule has 0 aliphatic heterocycles. The summed E-state index contributed by atoms with van der Waals surface area (Å²) in [5.74, 6) is 0.924. The summed E-state index contributed by atoms with van der Waals surface area (Å²) in [6.07, 6.45) is 6.71. The Hall–Kier alpha value is -3.14. The lowest BCUT2D eigenvalue weighted by atomic mass is 10.0. The van der Waals surface area contributed by atoms with Crippen LogP contribution in [0.5, 0.6) is 0 Å². The van der Waals surface area contributed by atoms with Crippen molar-refractivity contribution in [3.8, 4) is 5.69 Å². The van der Waals surface area contributed by atoms with Gasteiger partial charge in [0.2, 0.25) is 11.1 Å². The minimum absolute atomic E-state index is 0.121. The van der Waals surface area contributed by atoms with Gasteiger partial charge in [-0.2, -0.15) is 0 Å². The van der Waals surface area contributed by atoms with Gasteiger partial charge in [0.1, 0.15) is 5.69 Å². The predicted octanol–water partition coefficient (Wildman–Crippen LogP) is 2.34. The molecule has 1 N–H and O–H groups in total.